The van der Waals surface area contributed by atoms with E-state index in [0.717, 1.165) is 30.9 Å². The smallest absolute Gasteiger partial charge is 0.0587 e. The Morgan fingerprint density at radius 1 is 1.28 bits per heavy atom. The largest absolute Gasteiger partial charge is 0.383 e. The van der Waals surface area contributed by atoms with Gasteiger partial charge in [-0.05, 0) is 42.4 Å². The van der Waals surface area contributed by atoms with Crippen LogP contribution in [0.25, 0.3) is 0 Å². The fraction of sp³-hybridized carbons (Fsp3) is 1.00. The van der Waals surface area contributed by atoms with Crippen molar-refractivity contribution < 1.29 is 4.74 Å². The highest BCUT2D eigenvalue weighted by atomic mass is 16.5. The monoisotopic (exact) mass is 253 g/mol. The summed E-state index contributed by atoms with van der Waals surface area (Å²) in [5.74, 6) is 2.96. The summed E-state index contributed by atoms with van der Waals surface area (Å²) in [6.45, 7) is 7.85. The lowest BCUT2D eigenvalue weighted by molar-refractivity contribution is 0.0640. The molecule has 2 fully saturated rings. The second-order valence-corrected chi connectivity index (χ2v) is 6.50. The van der Waals surface area contributed by atoms with Gasteiger partial charge in [0.15, 0.2) is 0 Å². The van der Waals surface area contributed by atoms with Gasteiger partial charge in [0, 0.05) is 20.2 Å². The Bertz CT molecular complexity index is 251. The van der Waals surface area contributed by atoms with Crippen molar-refractivity contribution in [2.45, 2.75) is 52.4 Å². The summed E-state index contributed by atoms with van der Waals surface area (Å²) in [6, 6.07) is 0. The lowest BCUT2D eigenvalue weighted by atomic mass is 9.63. The van der Waals surface area contributed by atoms with Gasteiger partial charge in [-0.3, -0.25) is 0 Å². The van der Waals surface area contributed by atoms with Crippen LogP contribution >= 0.6 is 0 Å². The number of methoxy groups -OCH3 is 1. The first-order valence-electron chi connectivity index (χ1n) is 7.96. The Kier molecular flexibility index (Phi) is 5.08. The fourth-order valence-corrected chi connectivity index (χ4v) is 4.94. The van der Waals surface area contributed by atoms with E-state index in [1.165, 1.54) is 45.1 Å². The lowest BCUT2D eigenvalue weighted by Crippen LogP contribution is -2.45. The van der Waals surface area contributed by atoms with Crippen LogP contribution in [-0.2, 0) is 4.74 Å². The first-order valence-corrected chi connectivity index (χ1v) is 7.96. The summed E-state index contributed by atoms with van der Waals surface area (Å²) in [5.41, 5.74) is 0.611. The minimum Gasteiger partial charge on any atom is -0.383 e. The third-order valence-electron chi connectivity index (χ3n) is 5.76. The molecule has 0 saturated heterocycles. The van der Waals surface area contributed by atoms with Crippen molar-refractivity contribution in [2.24, 2.45) is 23.2 Å². The second kappa shape index (κ2) is 6.38. The van der Waals surface area contributed by atoms with Crippen LogP contribution < -0.4 is 5.32 Å². The molecule has 0 amide bonds. The van der Waals surface area contributed by atoms with Crippen LogP contribution in [0.4, 0.5) is 0 Å². The van der Waals surface area contributed by atoms with Crippen LogP contribution in [0.1, 0.15) is 52.4 Å². The van der Waals surface area contributed by atoms with E-state index < -0.39 is 0 Å². The number of nitrogens with one attached hydrogen (secondary N) is 1. The molecule has 0 spiro atoms. The van der Waals surface area contributed by atoms with Crippen molar-refractivity contribution in [2.75, 3.05) is 26.8 Å². The molecule has 0 aromatic carbocycles. The minimum atomic E-state index is 0.611. The van der Waals surface area contributed by atoms with E-state index in [9.17, 15) is 0 Å². The topological polar surface area (TPSA) is 21.3 Å². The molecule has 0 aromatic heterocycles. The summed E-state index contributed by atoms with van der Waals surface area (Å²) in [4.78, 5) is 0. The maximum Gasteiger partial charge on any atom is 0.0587 e. The van der Waals surface area contributed by atoms with Crippen LogP contribution in [0.2, 0.25) is 0 Å². The van der Waals surface area contributed by atoms with E-state index in [1.54, 1.807) is 7.11 Å². The van der Waals surface area contributed by atoms with E-state index in [1.807, 2.05) is 0 Å². The predicted molar refractivity (Wildman–Crippen MR) is 76.7 cm³/mol. The molecule has 3 atom stereocenters. The van der Waals surface area contributed by atoms with E-state index in [0.29, 0.717) is 5.41 Å². The lowest BCUT2D eigenvalue weighted by Gasteiger charge is -2.44. The van der Waals surface area contributed by atoms with Crippen molar-refractivity contribution in [3.63, 3.8) is 0 Å². The van der Waals surface area contributed by atoms with Crippen molar-refractivity contribution in [1.82, 2.24) is 5.32 Å². The van der Waals surface area contributed by atoms with Gasteiger partial charge in [-0.2, -0.15) is 0 Å². The van der Waals surface area contributed by atoms with Gasteiger partial charge in [0.05, 0.1) is 6.61 Å². The van der Waals surface area contributed by atoms with Gasteiger partial charge < -0.3 is 10.1 Å². The predicted octanol–water partition coefficient (Wildman–Crippen LogP) is 3.47. The molecule has 2 nitrogen and oxygen atoms in total. The molecule has 0 radical (unpaired) electrons. The maximum absolute atomic E-state index is 5.15. The highest BCUT2D eigenvalue weighted by molar-refractivity contribution is 5.04. The first kappa shape index (κ1) is 14.3. The van der Waals surface area contributed by atoms with Crippen LogP contribution in [0.5, 0.6) is 0 Å². The average Bonchev–Trinajstić information content (AvgIpc) is 2.97. The molecular formula is C16H31NO. The first-order chi connectivity index (χ1) is 8.76. The van der Waals surface area contributed by atoms with Crippen LogP contribution in [0, 0.1) is 23.2 Å². The second-order valence-electron chi connectivity index (χ2n) is 6.50. The Balaban J connectivity index is 1.99. The third-order valence-corrected chi connectivity index (χ3v) is 5.76. The van der Waals surface area contributed by atoms with Gasteiger partial charge in [0.25, 0.3) is 0 Å². The molecule has 106 valence electrons. The zero-order valence-electron chi connectivity index (χ0n) is 12.5. The van der Waals surface area contributed by atoms with Gasteiger partial charge in [-0.25, -0.2) is 0 Å². The van der Waals surface area contributed by atoms with Crippen molar-refractivity contribution >= 4 is 0 Å². The van der Waals surface area contributed by atoms with Gasteiger partial charge in [0.2, 0.25) is 0 Å². The highest BCUT2D eigenvalue weighted by Gasteiger charge is 2.53. The number of hydrogen-bond acceptors (Lipinski definition) is 2. The molecule has 2 saturated carbocycles. The van der Waals surface area contributed by atoms with E-state index in [2.05, 4.69) is 19.2 Å². The van der Waals surface area contributed by atoms with Gasteiger partial charge in [-0.1, -0.05) is 33.1 Å². The standard InChI is InChI=1S/C16H31NO/c1-4-14(5-2)16(12-17-8-9-18-3)11-13-6-7-15(16)10-13/h13-15,17H,4-12H2,1-3H3. The normalized spacial score (nSPS) is 34.7. The summed E-state index contributed by atoms with van der Waals surface area (Å²) in [5, 5.41) is 3.68. The SMILES string of the molecule is CCC(CC)C1(CNCCOC)CC2CCC1C2. The number of fused-ring (bicyclic) bond motifs is 2. The molecule has 3 unspecified atom stereocenters. The fourth-order valence-electron chi connectivity index (χ4n) is 4.94. The molecule has 2 bridgehead atoms. The Hall–Kier alpha value is -0.0800. The molecule has 18 heavy (non-hydrogen) atoms. The molecule has 2 aliphatic rings. The van der Waals surface area contributed by atoms with Crippen molar-refractivity contribution in [1.29, 1.82) is 0 Å². The quantitative estimate of drug-likeness (QED) is 0.669. The molecule has 0 heterocycles. The maximum atomic E-state index is 5.15. The number of hydrogen-bond donors (Lipinski definition) is 1. The molecule has 0 aliphatic heterocycles. The van der Waals surface area contributed by atoms with Crippen LogP contribution in [0.15, 0.2) is 0 Å². The zero-order chi connectivity index (χ0) is 13.0. The third kappa shape index (κ3) is 2.60. The number of rotatable bonds is 8. The summed E-state index contributed by atoms with van der Waals surface area (Å²) in [6.07, 6.45) is 8.71. The van der Waals surface area contributed by atoms with E-state index in [-0.39, 0.29) is 0 Å². The van der Waals surface area contributed by atoms with Crippen LogP contribution in [-0.4, -0.2) is 26.8 Å². The summed E-state index contributed by atoms with van der Waals surface area (Å²) >= 11 is 0. The van der Waals surface area contributed by atoms with Crippen LogP contribution in [0.3, 0.4) is 0 Å². The molecule has 1 N–H and O–H groups in total. The Labute approximate surface area is 113 Å². The Morgan fingerprint density at radius 2 is 2.06 bits per heavy atom. The van der Waals surface area contributed by atoms with Gasteiger partial charge in [0.1, 0.15) is 0 Å². The molecule has 0 aromatic rings. The Morgan fingerprint density at radius 3 is 2.56 bits per heavy atom. The summed E-state index contributed by atoms with van der Waals surface area (Å²) < 4.78 is 5.15. The van der Waals surface area contributed by atoms with Crippen molar-refractivity contribution in [3.05, 3.63) is 0 Å². The van der Waals surface area contributed by atoms with E-state index in [4.69, 9.17) is 4.74 Å². The molecular weight excluding hydrogens is 222 g/mol. The van der Waals surface area contributed by atoms with E-state index >= 15 is 0 Å². The highest BCUT2D eigenvalue weighted by Crippen LogP contribution is 2.60. The van der Waals surface area contributed by atoms with Gasteiger partial charge in [-0.15, -0.1) is 0 Å². The van der Waals surface area contributed by atoms with Gasteiger partial charge >= 0.3 is 0 Å². The summed E-state index contributed by atoms with van der Waals surface area (Å²) in [7, 11) is 1.79. The zero-order valence-corrected chi connectivity index (χ0v) is 12.5. The average molecular weight is 253 g/mol. The molecule has 2 rings (SSSR count). The molecule has 2 aliphatic carbocycles. The van der Waals surface area contributed by atoms with Crippen molar-refractivity contribution in [3.8, 4) is 0 Å². The minimum absolute atomic E-state index is 0.611. The molecule has 2 heteroatoms. The number of ether oxygens (including phenoxy) is 1.